The van der Waals surface area contributed by atoms with E-state index in [1.165, 1.54) is 17.2 Å². The number of fused-ring (bicyclic) bond motifs is 1. The van der Waals surface area contributed by atoms with Gasteiger partial charge in [-0.25, -0.2) is 14.8 Å². The van der Waals surface area contributed by atoms with Gasteiger partial charge in [0, 0.05) is 30.3 Å². The minimum absolute atomic E-state index is 0.198. The number of carbonyl (C=O) groups excluding carboxylic acids is 2. The second-order valence-electron chi connectivity index (χ2n) is 7.15. The number of hydrogen-bond donors (Lipinski definition) is 2. The number of anilines is 3. The van der Waals surface area contributed by atoms with Crippen LogP contribution in [0.25, 0.3) is 0 Å². The number of halogens is 4. The van der Waals surface area contributed by atoms with Gasteiger partial charge in [0.2, 0.25) is 0 Å². The van der Waals surface area contributed by atoms with Crippen molar-refractivity contribution in [3.8, 4) is 0 Å². The van der Waals surface area contributed by atoms with Crippen LogP contribution in [0.1, 0.15) is 30.8 Å². The van der Waals surface area contributed by atoms with Gasteiger partial charge in [0.05, 0.1) is 5.69 Å². The van der Waals surface area contributed by atoms with Crippen molar-refractivity contribution in [3.63, 3.8) is 0 Å². The standard InChI is InChI=1S/C20H22BrF3N6O2/c1-3-29-9-4-10-30(19(32)28-16-11-13(21)7-8-25-16)17-15(29)6-5-14(27-17)18(31)26-12(2)20(22,23)24/h5-8,11-12H,3-4,9-10H2,1-2H3,(H,26,31)(H,25,28,32)/t12-/m1/s1. The fourth-order valence-electron chi connectivity index (χ4n) is 3.19. The third-order valence-corrected chi connectivity index (χ3v) is 5.41. The number of amides is 3. The van der Waals surface area contributed by atoms with Gasteiger partial charge in [-0.2, -0.15) is 13.2 Å². The van der Waals surface area contributed by atoms with Crippen molar-refractivity contribution in [2.45, 2.75) is 32.5 Å². The molecule has 2 aromatic heterocycles. The molecule has 3 rings (SSSR count). The summed E-state index contributed by atoms with van der Waals surface area (Å²) in [5.41, 5.74) is 0.402. The number of carbonyl (C=O) groups is 2. The Morgan fingerprint density at radius 3 is 2.66 bits per heavy atom. The molecule has 0 aliphatic carbocycles. The minimum Gasteiger partial charge on any atom is -0.369 e. The molecule has 1 atom stereocenters. The fraction of sp³-hybridized carbons (Fsp3) is 0.400. The Morgan fingerprint density at radius 1 is 1.25 bits per heavy atom. The largest absolute Gasteiger partial charge is 0.408 e. The summed E-state index contributed by atoms with van der Waals surface area (Å²) in [5, 5.41) is 4.59. The van der Waals surface area contributed by atoms with Gasteiger partial charge in [0.15, 0.2) is 5.82 Å². The van der Waals surface area contributed by atoms with Gasteiger partial charge in [0.25, 0.3) is 5.91 Å². The normalized spacial score (nSPS) is 14.9. The average Bonchev–Trinajstić information content (AvgIpc) is 2.91. The van der Waals surface area contributed by atoms with Crippen LogP contribution in [-0.4, -0.2) is 53.8 Å². The lowest BCUT2D eigenvalue weighted by Crippen LogP contribution is -2.43. The monoisotopic (exact) mass is 514 g/mol. The van der Waals surface area contributed by atoms with E-state index in [1.807, 2.05) is 17.1 Å². The fourth-order valence-corrected chi connectivity index (χ4v) is 3.52. The first kappa shape index (κ1) is 23.8. The third-order valence-electron chi connectivity index (χ3n) is 4.92. The summed E-state index contributed by atoms with van der Waals surface area (Å²) in [6.07, 6.45) is -2.42. The first-order valence-corrected chi connectivity index (χ1v) is 10.7. The van der Waals surface area contributed by atoms with Crippen molar-refractivity contribution >= 4 is 45.2 Å². The summed E-state index contributed by atoms with van der Waals surface area (Å²) < 4.78 is 39.2. The summed E-state index contributed by atoms with van der Waals surface area (Å²) in [5.74, 6) is -0.460. The van der Waals surface area contributed by atoms with Gasteiger partial charge in [-0.15, -0.1) is 0 Å². The average molecular weight is 515 g/mol. The molecule has 0 aromatic carbocycles. The summed E-state index contributed by atoms with van der Waals surface area (Å²) >= 11 is 3.31. The lowest BCUT2D eigenvalue weighted by molar-refractivity contribution is -0.149. The van der Waals surface area contributed by atoms with Crippen molar-refractivity contribution in [1.29, 1.82) is 0 Å². The topological polar surface area (TPSA) is 90.5 Å². The Balaban J connectivity index is 1.93. The molecule has 32 heavy (non-hydrogen) atoms. The van der Waals surface area contributed by atoms with Crippen LogP contribution in [0, 0.1) is 0 Å². The molecule has 2 N–H and O–H groups in total. The Bertz CT molecular complexity index is 1000. The highest BCUT2D eigenvalue weighted by Crippen LogP contribution is 2.31. The van der Waals surface area contributed by atoms with E-state index in [9.17, 15) is 22.8 Å². The molecule has 8 nitrogen and oxygen atoms in total. The second-order valence-corrected chi connectivity index (χ2v) is 8.07. The molecular weight excluding hydrogens is 493 g/mol. The van der Waals surface area contributed by atoms with E-state index in [0.717, 1.165) is 11.4 Å². The molecule has 1 aliphatic rings. The van der Waals surface area contributed by atoms with Gasteiger partial charge in [-0.3, -0.25) is 15.0 Å². The van der Waals surface area contributed by atoms with E-state index in [2.05, 4.69) is 31.2 Å². The van der Waals surface area contributed by atoms with Crippen LogP contribution in [-0.2, 0) is 0 Å². The molecule has 0 bridgehead atoms. The maximum Gasteiger partial charge on any atom is 0.408 e. The highest BCUT2D eigenvalue weighted by Gasteiger charge is 2.37. The van der Waals surface area contributed by atoms with Gasteiger partial charge in [-0.05, 0) is 44.5 Å². The Morgan fingerprint density at radius 2 is 2.00 bits per heavy atom. The van der Waals surface area contributed by atoms with Crippen molar-refractivity contribution < 1.29 is 22.8 Å². The zero-order chi connectivity index (χ0) is 23.5. The zero-order valence-corrected chi connectivity index (χ0v) is 19.0. The Kier molecular flexibility index (Phi) is 7.22. The highest BCUT2D eigenvalue weighted by molar-refractivity contribution is 9.10. The third kappa shape index (κ3) is 5.47. The van der Waals surface area contributed by atoms with Crippen molar-refractivity contribution in [2.75, 3.05) is 34.8 Å². The first-order chi connectivity index (χ1) is 15.1. The maximum absolute atomic E-state index is 13.0. The van der Waals surface area contributed by atoms with Crippen LogP contribution in [0.3, 0.4) is 0 Å². The number of hydrogen-bond acceptors (Lipinski definition) is 5. The lowest BCUT2D eigenvalue weighted by Gasteiger charge is -2.25. The molecular formula is C20H22BrF3N6O2. The van der Waals surface area contributed by atoms with Gasteiger partial charge < -0.3 is 10.2 Å². The molecule has 0 saturated carbocycles. The highest BCUT2D eigenvalue weighted by atomic mass is 79.9. The van der Waals surface area contributed by atoms with E-state index >= 15 is 0 Å². The van der Waals surface area contributed by atoms with Crippen LogP contribution in [0.5, 0.6) is 0 Å². The number of rotatable bonds is 4. The van der Waals surface area contributed by atoms with Crippen molar-refractivity contribution in [3.05, 3.63) is 40.6 Å². The molecule has 12 heteroatoms. The summed E-state index contributed by atoms with van der Waals surface area (Å²) in [4.78, 5) is 37.2. The van der Waals surface area contributed by atoms with Gasteiger partial charge in [-0.1, -0.05) is 15.9 Å². The van der Waals surface area contributed by atoms with Gasteiger partial charge >= 0.3 is 12.2 Å². The molecule has 3 amide bonds. The van der Waals surface area contributed by atoms with Gasteiger partial charge in [0.1, 0.15) is 17.6 Å². The van der Waals surface area contributed by atoms with E-state index in [1.54, 1.807) is 18.2 Å². The van der Waals surface area contributed by atoms with E-state index in [0.29, 0.717) is 37.6 Å². The SMILES string of the molecule is CCN1CCCN(C(=O)Nc2cc(Br)ccn2)c2nc(C(=O)N[C@H](C)C(F)(F)F)ccc21. The van der Waals surface area contributed by atoms with Crippen molar-refractivity contribution in [2.24, 2.45) is 0 Å². The summed E-state index contributed by atoms with van der Waals surface area (Å²) in [6, 6.07) is 3.75. The van der Waals surface area contributed by atoms with Crippen molar-refractivity contribution in [1.82, 2.24) is 15.3 Å². The molecule has 2 aromatic rings. The van der Waals surface area contributed by atoms with Crippen LogP contribution in [0.4, 0.5) is 35.3 Å². The second kappa shape index (κ2) is 9.72. The van der Waals surface area contributed by atoms with E-state index in [-0.39, 0.29) is 11.5 Å². The number of nitrogens with zero attached hydrogens (tertiary/aromatic N) is 4. The van der Waals surface area contributed by atoms with Crippen LogP contribution in [0.15, 0.2) is 34.9 Å². The quantitative estimate of drug-likeness (QED) is 0.638. The predicted molar refractivity (Wildman–Crippen MR) is 118 cm³/mol. The Labute approximate surface area is 191 Å². The van der Waals surface area contributed by atoms with Crippen LogP contribution >= 0.6 is 15.9 Å². The minimum atomic E-state index is -4.58. The summed E-state index contributed by atoms with van der Waals surface area (Å²) in [7, 11) is 0. The van der Waals surface area contributed by atoms with E-state index in [4.69, 9.17) is 0 Å². The zero-order valence-electron chi connectivity index (χ0n) is 17.4. The number of alkyl halides is 3. The molecule has 172 valence electrons. The lowest BCUT2D eigenvalue weighted by atomic mass is 10.2. The first-order valence-electron chi connectivity index (χ1n) is 9.93. The number of aromatic nitrogens is 2. The smallest absolute Gasteiger partial charge is 0.369 e. The molecule has 0 fully saturated rings. The van der Waals surface area contributed by atoms with E-state index < -0.39 is 24.2 Å². The number of nitrogens with one attached hydrogen (secondary N) is 2. The Hall–Kier alpha value is -2.89. The molecule has 1 aliphatic heterocycles. The summed E-state index contributed by atoms with van der Waals surface area (Å²) in [6.45, 7) is 4.39. The number of urea groups is 1. The molecule has 0 saturated heterocycles. The predicted octanol–water partition coefficient (Wildman–Crippen LogP) is 4.19. The molecule has 0 unspecified atom stereocenters. The van der Waals surface area contributed by atoms with Crippen LogP contribution in [0.2, 0.25) is 0 Å². The molecule has 3 heterocycles. The maximum atomic E-state index is 13.0. The molecule has 0 radical (unpaired) electrons. The molecule has 0 spiro atoms. The number of pyridine rings is 2. The van der Waals surface area contributed by atoms with Crippen LogP contribution < -0.4 is 20.4 Å².